The molecule has 6 heteroatoms. The number of hydrogen-bond donors (Lipinski definition) is 1. The second kappa shape index (κ2) is 4.52. The first-order valence-electron chi connectivity index (χ1n) is 4.16. The van der Waals surface area contributed by atoms with Crippen LogP contribution in [-0.2, 0) is 11.3 Å². The zero-order chi connectivity index (χ0) is 11.4. The number of rotatable bonds is 3. The number of methoxy groups -OCH3 is 1. The molecule has 2 N–H and O–H groups in total. The van der Waals surface area contributed by atoms with Crippen LogP contribution in [0.2, 0.25) is 0 Å². The summed E-state index contributed by atoms with van der Waals surface area (Å²) in [5, 5.41) is 10.6. The summed E-state index contributed by atoms with van der Waals surface area (Å²) < 4.78 is 4.44. The van der Waals surface area contributed by atoms with E-state index >= 15 is 0 Å². The fraction of sp³-hybridized carbons (Fsp3) is 0.222. The van der Waals surface area contributed by atoms with Crippen LogP contribution in [0.25, 0.3) is 0 Å². The number of carbonyl (C=O) groups excluding carboxylic acids is 1. The van der Waals surface area contributed by atoms with Gasteiger partial charge in [-0.25, -0.2) is 4.79 Å². The molecule has 15 heavy (non-hydrogen) atoms. The zero-order valence-corrected chi connectivity index (χ0v) is 8.10. The number of hydrogen-bond acceptors (Lipinski definition) is 5. The first-order valence-corrected chi connectivity index (χ1v) is 4.16. The number of nitro benzene ring substituents is 1. The smallest absolute Gasteiger partial charge is 0.344 e. The third-order valence-corrected chi connectivity index (χ3v) is 1.90. The van der Waals surface area contributed by atoms with Crippen molar-refractivity contribution in [1.29, 1.82) is 0 Å². The van der Waals surface area contributed by atoms with Crippen LogP contribution in [0.4, 0.5) is 5.69 Å². The molecule has 80 valence electrons. The molecule has 0 saturated heterocycles. The van der Waals surface area contributed by atoms with Crippen LogP contribution in [0.3, 0.4) is 0 Å². The molecule has 0 spiro atoms. The van der Waals surface area contributed by atoms with Crippen molar-refractivity contribution >= 4 is 11.7 Å². The summed E-state index contributed by atoms with van der Waals surface area (Å²) in [6.07, 6.45) is 0. The van der Waals surface area contributed by atoms with Gasteiger partial charge in [-0.15, -0.1) is 0 Å². The molecule has 0 saturated carbocycles. The highest BCUT2D eigenvalue weighted by atomic mass is 16.6. The third-order valence-electron chi connectivity index (χ3n) is 1.90. The van der Waals surface area contributed by atoms with E-state index in [-0.39, 0.29) is 17.8 Å². The average Bonchev–Trinajstić information content (AvgIpc) is 2.26. The first-order chi connectivity index (χ1) is 7.10. The van der Waals surface area contributed by atoms with E-state index in [4.69, 9.17) is 5.73 Å². The van der Waals surface area contributed by atoms with Gasteiger partial charge in [-0.2, -0.15) is 0 Å². The van der Waals surface area contributed by atoms with Crippen LogP contribution in [0, 0.1) is 10.1 Å². The molecule has 1 rings (SSSR count). The molecule has 0 atom stereocenters. The lowest BCUT2D eigenvalue weighted by molar-refractivity contribution is -0.385. The highest BCUT2D eigenvalue weighted by Crippen LogP contribution is 2.20. The monoisotopic (exact) mass is 210 g/mol. The molecule has 0 unspecified atom stereocenters. The van der Waals surface area contributed by atoms with Crippen LogP contribution in [0.5, 0.6) is 0 Å². The van der Waals surface area contributed by atoms with Crippen molar-refractivity contribution < 1.29 is 14.5 Å². The summed E-state index contributed by atoms with van der Waals surface area (Å²) in [5.41, 5.74) is 5.65. The van der Waals surface area contributed by atoms with Crippen LogP contribution >= 0.6 is 0 Å². The van der Waals surface area contributed by atoms with Gasteiger partial charge in [-0.3, -0.25) is 10.1 Å². The van der Waals surface area contributed by atoms with Crippen LogP contribution < -0.4 is 5.73 Å². The lowest BCUT2D eigenvalue weighted by Gasteiger charge is -2.03. The molecule has 6 nitrogen and oxygen atoms in total. The lowest BCUT2D eigenvalue weighted by Crippen LogP contribution is -2.07. The van der Waals surface area contributed by atoms with Crippen molar-refractivity contribution in [2.24, 2.45) is 5.73 Å². The Balaban J connectivity index is 3.28. The summed E-state index contributed by atoms with van der Waals surface area (Å²) in [4.78, 5) is 21.2. The normalized spacial score (nSPS) is 9.73. The van der Waals surface area contributed by atoms with Crippen LogP contribution in [-0.4, -0.2) is 18.0 Å². The van der Waals surface area contributed by atoms with Crippen molar-refractivity contribution in [3.8, 4) is 0 Å². The van der Waals surface area contributed by atoms with Gasteiger partial charge in [0.25, 0.3) is 5.69 Å². The van der Waals surface area contributed by atoms with Gasteiger partial charge in [0.2, 0.25) is 0 Å². The van der Waals surface area contributed by atoms with Gasteiger partial charge in [0, 0.05) is 12.6 Å². The lowest BCUT2D eigenvalue weighted by atomic mass is 10.1. The maximum absolute atomic E-state index is 11.2. The van der Waals surface area contributed by atoms with Crippen molar-refractivity contribution in [2.75, 3.05) is 7.11 Å². The number of nitrogens with two attached hydrogens (primary N) is 1. The van der Waals surface area contributed by atoms with Crippen molar-refractivity contribution in [2.45, 2.75) is 6.54 Å². The predicted molar refractivity (Wildman–Crippen MR) is 52.3 cm³/mol. The number of nitrogens with zero attached hydrogens (tertiary/aromatic N) is 1. The maximum atomic E-state index is 11.2. The van der Waals surface area contributed by atoms with Crippen molar-refractivity contribution in [3.63, 3.8) is 0 Å². The van der Waals surface area contributed by atoms with E-state index in [1.807, 2.05) is 0 Å². The number of nitro groups is 1. The van der Waals surface area contributed by atoms with E-state index in [0.29, 0.717) is 5.56 Å². The molecule has 0 heterocycles. The molecule has 1 aromatic rings. The quantitative estimate of drug-likeness (QED) is 0.453. The minimum Gasteiger partial charge on any atom is -0.465 e. The van der Waals surface area contributed by atoms with E-state index in [0.717, 1.165) is 0 Å². The van der Waals surface area contributed by atoms with E-state index in [1.54, 1.807) is 0 Å². The van der Waals surface area contributed by atoms with E-state index in [1.165, 1.54) is 25.3 Å². The summed E-state index contributed by atoms with van der Waals surface area (Å²) in [6, 6.07) is 4.11. The van der Waals surface area contributed by atoms with E-state index in [2.05, 4.69) is 4.74 Å². The highest BCUT2D eigenvalue weighted by Gasteiger charge is 2.20. The Kier molecular flexibility index (Phi) is 3.35. The average molecular weight is 210 g/mol. The Labute approximate surface area is 85.8 Å². The number of carbonyl (C=O) groups is 1. The Morgan fingerprint density at radius 1 is 1.60 bits per heavy atom. The Morgan fingerprint density at radius 3 is 2.73 bits per heavy atom. The molecular formula is C9H10N2O4. The minimum absolute atomic E-state index is 0.0783. The molecule has 0 aliphatic carbocycles. The Bertz CT molecular complexity index is 403. The summed E-state index contributed by atoms with van der Waals surface area (Å²) in [5.74, 6) is -0.739. The second-order valence-corrected chi connectivity index (χ2v) is 2.80. The zero-order valence-electron chi connectivity index (χ0n) is 8.10. The largest absolute Gasteiger partial charge is 0.465 e. The van der Waals surface area contributed by atoms with Gasteiger partial charge in [0.05, 0.1) is 12.0 Å². The van der Waals surface area contributed by atoms with Gasteiger partial charge in [0.1, 0.15) is 5.56 Å². The molecule has 0 aliphatic rings. The molecular weight excluding hydrogens is 200 g/mol. The molecule has 0 radical (unpaired) electrons. The summed E-state index contributed by atoms with van der Waals surface area (Å²) >= 11 is 0. The van der Waals surface area contributed by atoms with Crippen molar-refractivity contribution in [3.05, 3.63) is 39.4 Å². The van der Waals surface area contributed by atoms with Gasteiger partial charge in [-0.05, 0) is 11.6 Å². The minimum atomic E-state index is -0.739. The van der Waals surface area contributed by atoms with E-state index in [9.17, 15) is 14.9 Å². The Hall–Kier alpha value is -1.95. The summed E-state index contributed by atoms with van der Waals surface area (Å²) in [6.45, 7) is 0.210. The molecule has 1 aromatic carbocycles. The Morgan fingerprint density at radius 2 is 2.27 bits per heavy atom. The fourth-order valence-electron chi connectivity index (χ4n) is 1.14. The third kappa shape index (κ3) is 2.29. The molecule has 0 bridgehead atoms. The van der Waals surface area contributed by atoms with Crippen LogP contribution in [0.1, 0.15) is 15.9 Å². The van der Waals surface area contributed by atoms with E-state index < -0.39 is 10.9 Å². The second-order valence-electron chi connectivity index (χ2n) is 2.80. The standard InChI is InChI=1S/C9H10N2O4/c1-15-9(12)7-4-6(5-10)2-3-8(7)11(13)14/h2-4H,5,10H2,1H3. The van der Waals surface area contributed by atoms with Gasteiger partial charge < -0.3 is 10.5 Å². The number of esters is 1. The first kappa shape index (κ1) is 11.1. The van der Waals surface area contributed by atoms with Crippen molar-refractivity contribution in [1.82, 2.24) is 0 Å². The number of ether oxygens (including phenoxy) is 1. The fourth-order valence-corrected chi connectivity index (χ4v) is 1.14. The predicted octanol–water partition coefficient (Wildman–Crippen LogP) is 0.840. The number of benzene rings is 1. The summed E-state index contributed by atoms with van der Waals surface area (Å²) in [7, 11) is 1.17. The molecule has 0 aliphatic heterocycles. The SMILES string of the molecule is COC(=O)c1cc(CN)ccc1[N+](=O)[O-]. The van der Waals surface area contributed by atoms with Crippen LogP contribution in [0.15, 0.2) is 18.2 Å². The van der Waals surface area contributed by atoms with Gasteiger partial charge in [-0.1, -0.05) is 6.07 Å². The maximum Gasteiger partial charge on any atom is 0.344 e. The topological polar surface area (TPSA) is 95.5 Å². The molecule has 0 amide bonds. The highest BCUT2D eigenvalue weighted by molar-refractivity contribution is 5.94. The molecule has 0 fully saturated rings. The molecule has 0 aromatic heterocycles. The van der Waals surface area contributed by atoms with Gasteiger partial charge >= 0.3 is 5.97 Å². The van der Waals surface area contributed by atoms with Gasteiger partial charge in [0.15, 0.2) is 0 Å².